The summed E-state index contributed by atoms with van der Waals surface area (Å²) in [6.45, 7) is 2.24. The van der Waals surface area contributed by atoms with Crippen molar-refractivity contribution >= 4 is 10.0 Å². The van der Waals surface area contributed by atoms with Crippen LogP contribution >= 0.6 is 0 Å². The van der Waals surface area contributed by atoms with E-state index in [1.54, 1.807) is 6.07 Å². The number of hydrogen-bond acceptors (Lipinski definition) is 3. The van der Waals surface area contributed by atoms with E-state index < -0.39 is 10.0 Å². The van der Waals surface area contributed by atoms with Gasteiger partial charge in [0.1, 0.15) is 0 Å². The van der Waals surface area contributed by atoms with Crippen molar-refractivity contribution < 1.29 is 8.42 Å². The predicted octanol–water partition coefficient (Wildman–Crippen LogP) is 1.58. The molecule has 2 rings (SSSR count). The summed E-state index contributed by atoms with van der Waals surface area (Å²) in [6.07, 6.45) is 5.07. The molecule has 0 radical (unpaired) electrons. The molecule has 0 heterocycles. The van der Waals surface area contributed by atoms with Gasteiger partial charge >= 0.3 is 0 Å². The van der Waals surface area contributed by atoms with Gasteiger partial charge in [-0.25, -0.2) is 13.1 Å². The van der Waals surface area contributed by atoms with Gasteiger partial charge in [-0.15, -0.1) is 0 Å². The second-order valence-electron chi connectivity index (χ2n) is 5.10. The standard InChI is InChI=1S/C14H22N2O2S/c1-2-13(10-15)16-19(17,18)14-8-7-11-5-3-4-6-12(11)9-14/h7-9,13,16H,2-6,10,15H2,1H3. The highest BCUT2D eigenvalue weighted by molar-refractivity contribution is 7.89. The number of nitrogens with two attached hydrogens (primary N) is 1. The van der Waals surface area contributed by atoms with E-state index in [2.05, 4.69) is 4.72 Å². The average Bonchev–Trinajstić information content (AvgIpc) is 2.44. The molecule has 1 aromatic rings. The van der Waals surface area contributed by atoms with Crippen LogP contribution in [-0.2, 0) is 22.9 Å². The lowest BCUT2D eigenvalue weighted by Gasteiger charge is -2.18. The summed E-state index contributed by atoms with van der Waals surface area (Å²) in [6, 6.07) is 5.28. The quantitative estimate of drug-likeness (QED) is 0.861. The van der Waals surface area contributed by atoms with Gasteiger partial charge in [0.05, 0.1) is 4.90 Å². The molecule has 1 aliphatic rings. The number of rotatable bonds is 5. The molecule has 0 saturated heterocycles. The molecule has 0 aromatic heterocycles. The molecule has 5 heteroatoms. The van der Waals surface area contributed by atoms with Crippen molar-refractivity contribution in [1.82, 2.24) is 4.72 Å². The molecule has 0 bridgehead atoms. The Morgan fingerprint density at radius 1 is 1.26 bits per heavy atom. The van der Waals surface area contributed by atoms with E-state index in [-0.39, 0.29) is 6.04 Å². The second-order valence-corrected chi connectivity index (χ2v) is 6.81. The Kier molecular flexibility index (Phi) is 4.60. The molecular formula is C14H22N2O2S. The maximum Gasteiger partial charge on any atom is 0.240 e. The van der Waals surface area contributed by atoms with Crippen molar-refractivity contribution in [2.24, 2.45) is 5.73 Å². The molecule has 0 spiro atoms. The molecule has 106 valence electrons. The smallest absolute Gasteiger partial charge is 0.240 e. The molecule has 0 aliphatic heterocycles. The molecule has 19 heavy (non-hydrogen) atoms. The zero-order valence-electron chi connectivity index (χ0n) is 11.4. The minimum absolute atomic E-state index is 0.193. The highest BCUT2D eigenvalue weighted by atomic mass is 32.2. The fourth-order valence-corrected chi connectivity index (χ4v) is 3.84. The van der Waals surface area contributed by atoms with Crippen LogP contribution in [0, 0.1) is 0 Å². The monoisotopic (exact) mass is 282 g/mol. The first-order valence-corrected chi connectivity index (χ1v) is 8.39. The van der Waals surface area contributed by atoms with Crippen molar-refractivity contribution in [1.29, 1.82) is 0 Å². The summed E-state index contributed by atoms with van der Waals surface area (Å²) in [5.41, 5.74) is 8.02. The Balaban J connectivity index is 2.25. The first-order valence-electron chi connectivity index (χ1n) is 6.91. The summed E-state index contributed by atoms with van der Waals surface area (Å²) in [5.74, 6) is 0. The molecule has 4 nitrogen and oxygen atoms in total. The van der Waals surface area contributed by atoms with Crippen molar-refractivity contribution in [3.05, 3.63) is 29.3 Å². The summed E-state index contributed by atoms with van der Waals surface area (Å²) in [5, 5.41) is 0. The number of hydrogen-bond donors (Lipinski definition) is 2. The lowest BCUT2D eigenvalue weighted by atomic mass is 9.92. The topological polar surface area (TPSA) is 72.2 Å². The van der Waals surface area contributed by atoms with Crippen LogP contribution in [0.2, 0.25) is 0 Å². The summed E-state index contributed by atoms with van der Waals surface area (Å²) in [7, 11) is -3.45. The van der Waals surface area contributed by atoms with E-state index >= 15 is 0 Å². The Hall–Kier alpha value is -0.910. The van der Waals surface area contributed by atoms with Gasteiger partial charge in [0.2, 0.25) is 10.0 Å². The third kappa shape index (κ3) is 3.35. The van der Waals surface area contributed by atoms with Gasteiger partial charge in [-0.05, 0) is 55.4 Å². The Bertz CT molecular complexity index is 536. The molecule has 3 N–H and O–H groups in total. The lowest BCUT2D eigenvalue weighted by Crippen LogP contribution is -2.39. The van der Waals surface area contributed by atoms with Crippen molar-refractivity contribution in [3.63, 3.8) is 0 Å². The Labute approximate surface area is 115 Å². The number of sulfonamides is 1. The molecule has 1 atom stereocenters. The van der Waals surface area contributed by atoms with E-state index in [1.165, 1.54) is 17.5 Å². The van der Waals surface area contributed by atoms with Gasteiger partial charge in [0.15, 0.2) is 0 Å². The number of benzene rings is 1. The van der Waals surface area contributed by atoms with E-state index in [4.69, 9.17) is 5.73 Å². The van der Waals surface area contributed by atoms with E-state index in [1.807, 2.05) is 19.1 Å². The molecule has 0 saturated carbocycles. The lowest BCUT2D eigenvalue weighted by molar-refractivity contribution is 0.542. The number of nitrogens with one attached hydrogen (secondary N) is 1. The molecule has 1 unspecified atom stereocenters. The van der Waals surface area contributed by atoms with Crippen LogP contribution in [0.1, 0.15) is 37.3 Å². The Morgan fingerprint density at radius 3 is 2.58 bits per heavy atom. The third-order valence-corrected chi connectivity index (χ3v) is 5.25. The van der Waals surface area contributed by atoms with Crippen LogP contribution in [-0.4, -0.2) is 21.0 Å². The average molecular weight is 282 g/mol. The second kappa shape index (κ2) is 6.03. The molecule has 1 aliphatic carbocycles. The number of aryl methyl sites for hydroxylation is 2. The predicted molar refractivity (Wildman–Crippen MR) is 76.5 cm³/mol. The first-order chi connectivity index (χ1) is 9.06. The van der Waals surface area contributed by atoms with Gasteiger partial charge in [-0.3, -0.25) is 0 Å². The highest BCUT2D eigenvalue weighted by Gasteiger charge is 2.20. The molecular weight excluding hydrogens is 260 g/mol. The highest BCUT2D eigenvalue weighted by Crippen LogP contribution is 2.24. The maximum absolute atomic E-state index is 12.3. The largest absolute Gasteiger partial charge is 0.329 e. The van der Waals surface area contributed by atoms with Crippen LogP contribution in [0.15, 0.2) is 23.1 Å². The summed E-state index contributed by atoms with van der Waals surface area (Å²) in [4.78, 5) is 0.361. The van der Waals surface area contributed by atoms with Gasteiger partial charge in [-0.2, -0.15) is 0 Å². The third-order valence-electron chi connectivity index (χ3n) is 3.73. The molecule has 0 fully saturated rings. The molecule has 0 amide bonds. The van der Waals surface area contributed by atoms with Gasteiger partial charge in [0.25, 0.3) is 0 Å². The van der Waals surface area contributed by atoms with Crippen LogP contribution in [0.25, 0.3) is 0 Å². The zero-order chi connectivity index (χ0) is 13.9. The fourth-order valence-electron chi connectivity index (χ4n) is 2.46. The van der Waals surface area contributed by atoms with E-state index in [0.29, 0.717) is 17.9 Å². The first kappa shape index (κ1) is 14.5. The maximum atomic E-state index is 12.3. The minimum atomic E-state index is -3.45. The van der Waals surface area contributed by atoms with Gasteiger partial charge < -0.3 is 5.73 Å². The SMILES string of the molecule is CCC(CN)NS(=O)(=O)c1ccc2c(c1)CCCC2. The van der Waals surface area contributed by atoms with Crippen molar-refractivity contribution in [2.75, 3.05) is 6.54 Å². The van der Waals surface area contributed by atoms with Gasteiger partial charge in [-0.1, -0.05) is 13.0 Å². The minimum Gasteiger partial charge on any atom is -0.329 e. The van der Waals surface area contributed by atoms with Crippen LogP contribution in [0.3, 0.4) is 0 Å². The summed E-state index contributed by atoms with van der Waals surface area (Å²) >= 11 is 0. The van der Waals surface area contributed by atoms with Crippen LogP contribution in [0.5, 0.6) is 0 Å². The van der Waals surface area contributed by atoms with Crippen molar-refractivity contribution in [3.8, 4) is 0 Å². The Morgan fingerprint density at radius 2 is 1.95 bits per heavy atom. The number of fused-ring (bicyclic) bond motifs is 1. The van der Waals surface area contributed by atoms with E-state index in [9.17, 15) is 8.42 Å². The normalized spacial score (nSPS) is 16.9. The summed E-state index contributed by atoms with van der Waals surface area (Å²) < 4.78 is 27.2. The van der Waals surface area contributed by atoms with Crippen LogP contribution in [0.4, 0.5) is 0 Å². The van der Waals surface area contributed by atoms with Gasteiger partial charge in [0, 0.05) is 12.6 Å². The van der Waals surface area contributed by atoms with Crippen LogP contribution < -0.4 is 10.5 Å². The fraction of sp³-hybridized carbons (Fsp3) is 0.571. The molecule has 1 aromatic carbocycles. The van der Waals surface area contributed by atoms with E-state index in [0.717, 1.165) is 19.3 Å². The zero-order valence-corrected chi connectivity index (χ0v) is 12.2. The van der Waals surface area contributed by atoms with Crippen molar-refractivity contribution in [2.45, 2.75) is 50.0 Å².